The maximum absolute atomic E-state index is 9.91. The van der Waals surface area contributed by atoms with Crippen LogP contribution >= 0.6 is 0 Å². The molecule has 90 valence electrons. The van der Waals surface area contributed by atoms with Gasteiger partial charge >= 0.3 is 0 Å². The van der Waals surface area contributed by atoms with Gasteiger partial charge in [-0.05, 0) is 26.0 Å². The summed E-state index contributed by atoms with van der Waals surface area (Å²) in [5, 5.41) is 9.91. The molecule has 0 aromatic heterocycles. The van der Waals surface area contributed by atoms with E-state index >= 15 is 0 Å². The second kappa shape index (κ2) is 6.35. The number of hydrogen-bond donors (Lipinski definition) is 2. The molecule has 0 aliphatic heterocycles. The van der Waals surface area contributed by atoms with Gasteiger partial charge in [-0.2, -0.15) is 0 Å². The highest BCUT2D eigenvalue weighted by molar-refractivity contribution is 5.47. The fourth-order valence-electron chi connectivity index (χ4n) is 1.60. The Morgan fingerprint density at radius 1 is 1.44 bits per heavy atom. The van der Waals surface area contributed by atoms with Gasteiger partial charge in [0, 0.05) is 5.56 Å². The lowest BCUT2D eigenvalue weighted by Gasteiger charge is -2.17. The Labute approximate surface area is 96.0 Å². The first-order valence-corrected chi connectivity index (χ1v) is 5.42. The number of hydrogen-bond acceptors (Lipinski definition) is 4. The highest BCUT2D eigenvalue weighted by Crippen LogP contribution is 2.35. The molecule has 0 saturated heterocycles. The lowest BCUT2D eigenvalue weighted by molar-refractivity contribution is 0.164. The molecule has 16 heavy (non-hydrogen) atoms. The van der Waals surface area contributed by atoms with Gasteiger partial charge in [0.05, 0.1) is 19.8 Å². The summed E-state index contributed by atoms with van der Waals surface area (Å²) in [6.07, 6.45) is -0.105. The predicted octanol–water partition coefficient (Wildman–Crippen LogP) is 1.48. The number of rotatable bonds is 6. The number of benzene rings is 1. The third-order valence-electron chi connectivity index (χ3n) is 2.31. The van der Waals surface area contributed by atoms with Crippen LogP contribution in [0.25, 0.3) is 0 Å². The Balaban J connectivity index is 3.02. The van der Waals surface area contributed by atoms with E-state index in [0.717, 1.165) is 5.56 Å². The molecule has 0 amide bonds. The van der Waals surface area contributed by atoms with Crippen molar-refractivity contribution in [1.82, 2.24) is 0 Å². The number of ether oxygens (including phenoxy) is 2. The van der Waals surface area contributed by atoms with Crippen molar-refractivity contribution in [3.05, 3.63) is 23.8 Å². The molecule has 4 nitrogen and oxygen atoms in total. The summed E-state index contributed by atoms with van der Waals surface area (Å²) in [6.45, 7) is 2.90. The first kappa shape index (κ1) is 12.8. The fraction of sp³-hybridized carbons (Fsp3) is 0.500. The van der Waals surface area contributed by atoms with Crippen LogP contribution in [0, 0.1) is 0 Å². The Morgan fingerprint density at radius 3 is 2.75 bits per heavy atom. The maximum atomic E-state index is 9.91. The molecule has 4 heteroatoms. The summed E-state index contributed by atoms with van der Waals surface area (Å²) in [5.74, 6) is 1.24. The minimum atomic E-state index is -0.611. The van der Waals surface area contributed by atoms with Crippen LogP contribution < -0.4 is 15.2 Å². The van der Waals surface area contributed by atoms with Crippen LogP contribution in [-0.2, 0) is 0 Å². The van der Waals surface area contributed by atoms with Gasteiger partial charge in [0.1, 0.15) is 0 Å². The molecule has 1 aromatic rings. The fourth-order valence-corrected chi connectivity index (χ4v) is 1.60. The van der Waals surface area contributed by atoms with E-state index in [9.17, 15) is 5.11 Å². The van der Waals surface area contributed by atoms with Gasteiger partial charge in [-0.1, -0.05) is 12.1 Å². The molecule has 0 heterocycles. The van der Waals surface area contributed by atoms with Gasteiger partial charge in [-0.25, -0.2) is 0 Å². The lowest BCUT2D eigenvalue weighted by Crippen LogP contribution is -2.08. The Bertz CT molecular complexity index is 328. The molecule has 0 radical (unpaired) electrons. The smallest absolute Gasteiger partial charge is 0.166 e. The number of methoxy groups -OCH3 is 1. The van der Waals surface area contributed by atoms with E-state index in [-0.39, 0.29) is 0 Å². The Morgan fingerprint density at radius 2 is 2.19 bits per heavy atom. The zero-order chi connectivity index (χ0) is 12.0. The van der Waals surface area contributed by atoms with E-state index in [2.05, 4.69) is 0 Å². The van der Waals surface area contributed by atoms with Crippen molar-refractivity contribution in [2.45, 2.75) is 19.4 Å². The standard InChI is InChI=1S/C12H19NO3/c1-3-16-11-6-4-5-9(12(11)15-2)10(14)7-8-13/h4-6,10,14H,3,7-8,13H2,1-2H3/t10-/m0/s1. The molecule has 1 rings (SSSR count). The third-order valence-corrected chi connectivity index (χ3v) is 2.31. The first-order chi connectivity index (χ1) is 7.74. The number of aliphatic hydroxyl groups excluding tert-OH is 1. The van der Waals surface area contributed by atoms with Crippen molar-refractivity contribution in [1.29, 1.82) is 0 Å². The van der Waals surface area contributed by atoms with E-state index in [1.54, 1.807) is 7.11 Å². The maximum Gasteiger partial charge on any atom is 0.166 e. The average molecular weight is 225 g/mol. The minimum Gasteiger partial charge on any atom is -0.492 e. The highest BCUT2D eigenvalue weighted by Gasteiger charge is 2.16. The molecule has 1 aromatic carbocycles. The summed E-state index contributed by atoms with van der Waals surface area (Å²) in [6, 6.07) is 5.48. The van der Waals surface area contributed by atoms with Crippen molar-refractivity contribution in [3.63, 3.8) is 0 Å². The Hall–Kier alpha value is -1.26. The first-order valence-electron chi connectivity index (χ1n) is 5.42. The monoisotopic (exact) mass is 225 g/mol. The van der Waals surface area contributed by atoms with E-state index in [1.165, 1.54) is 0 Å². The van der Waals surface area contributed by atoms with Crippen LogP contribution in [0.2, 0.25) is 0 Å². The van der Waals surface area contributed by atoms with Gasteiger partial charge in [-0.3, -0.25) is 0 Å². The van der Waals surface area contributed by atoms with Crippen LogP contribution in [0.1, 0.15) is 25.0 Å². The zero-order valence-electron chi connectivity index (χ0n) is 9.77. The summed E-state index contributed by atoms with van der Waals surface area (Å²) < 4.78 is 10.7. The van der Waals surface area contributed by atoms with Crippen molar-refractivity contribution in [2.24, 2.45) is 5.73 Å². The molecular formula is C12H19NO3. The quantitative estimate of drug-likeness (QED) is 0.769. The summed E-state index contributed by atoms with van der Waals surface area (Å²) in [4.78, 5) is 0. The van der Waals surface area contributed by atoms with Crippen molar-refractivity contribution < 1.29 is 14.6 Å². The van der Waals surface area contributed by atoms with Gasteiger partial charge in [0.15, 0.2) is 11.5 Å². The number of para-hydroxylation sites is 1. The number of aliphatic hydroxyl groups is 1. The molecule has 0 aliphatic rings. The molecule has 0 unspecified atom stereocenters. The van der Waals surface area contributed by atoms with Gasteiger partial charge < -0.3 is 20.3 Å². The number of nitrogens with two attached hydrogens (primary N) is 1. The molecule has 0 saturated carbocycles. The van der Waals surface area contributed by atoms with Crippen LogP contribution in [0.15, 0.2) is 18.2 Å². The van der Waals surface area contributed by atoms with Crippen LogP contribution in [-0.4, -0.2) is 25.4 Å². The van der Waals surface area contributed by atoms with Crippen LogP contribution in [0.5, 0.6) is 11.5 Å². The molecule has 0 bridgehead atoms. The highest BCUT2D eigenvalue weighted by atomic mass is 16.5. The third kappa shape index (κ3) is 2.87. The summed E-state index contributed by atoms with van der Waals surface area (Å²) in [5.41, 5.74) is 6.14. The zero-order valence-corrected chi connectivity index (χ0v) is 9.77. The van der Waals surface area contributed by atoms with Gasteiger partial charge in [0.2, 0.25) is 0 Å². The summed E-state index contributed by atoms with van der Waals surface area (Å²) in [7, 11) is 1.57. The van der Waals surface area contributed by atoms with E-state index in [1.807, 2.05) is 25.1 Å². The largest absolute Gasteiger partial charge is 0.492 e. The van der Waals surface area contributed by atoms with E-state index < -0.39 is 6.10 Å². The minimum absolute atomic E-state index is 0.434. The van der Waals surface area contributed by atoms with Crippen LogP contribution in [0.3, 0.4) is 0 Å². The van der Waals surface area contributed by atoms with Gasteiger partial charge in [0.25, 0.3) is 0 Å². The van der Waals surface area contributed by atoms with Crippen molar-refractivity contribution >= 4 is 0 Å². The van der Waals surface area contributed by atoms with Gasteiger partial charge in [-0.15, -0.1) is 0 Å². The Kier molecular flexibility index (Phi) is 5.08. The molecule has 0 fully saturated rings. The van der Waals surface area contributed by atoms with E-state index in [4.69, 9.17) is 15.2 Å². The second-order valence-electron chi connectivity index (χ2n) is 3.40. The lowest BCUT2D eigenvalue weighted by atomic mass is 10.0. The molecule has 0 spiro atoms. The SMILES string of the molecule is CCOc1cccc([C@@H](O)CCN)c1OC. The molecule has 1 atom stereocenters. The van der Waals surface area contributed by atoms with Crippen molar-refractivity contribution in [2.75, 3.05) is 20.3 Å². The van der Waals surface area contributed by atoms with Crippen LogP contribution in [0.4, 0.5) is 0 Å². The topological polar surface area (TPSA) is 64.7 Å². The predicted molar refractivity (Wildman–Crippen MR) is 62.8 cm³/mol. The van der Waals surface area contributed by atoms with E-state index in [0.29, 0.717) is 31.1 Å². The molecule has 3 N–H and O–H groups in total. The summed E-state index contributed by atoms with van der Waals surface area (Å²) >= 11 is 0. The average Bonchev–Trinajstić information content (AvgIpc) is 2.29. The van der Waals surface area contributed by atoms with Crippen molar-refractivity contribution in [3.8, 4) is 11.5 Å². The second-order valence-corrected chi connectivity index (χ2v) is 3.40. The molecular weight excluding hydrogens is 206 g/mol. The molecule has 0 aliphatic carbocycles. The normalized spacial score (nSPS) is 12.2.